The molecule has 2 heterocycles. The summed E-state index contributed by atoms with van der Waals surface area (Å²) in [7, 11) is -4.53. The summed E-state index contributed by atoms with van der Waals surface area (Å²) in [5.41, 5.74) is 5.02. The van der Waals surface area contributed by atoms with Crippen LogP contribution in [-0.2, 0) is 9.30 Å². The summed E-state index contributed by atoms with van der Waals surface area (Å²) in [6, 6.07) is -0.621. The van der Waals surface area contributed by atoms with Gasteiger partial charge in [0.25, 0.3) is 0 Å². The summed E-state index contributed by atoms with van der Waals surface area (Å²) in [6.07, 6.45) is 1.87. The van der Waals surface area contributed by atoms with Gasteiger partial charge in [-0.25, -0.2) is 4.79 Å². The van der Waals surface area contributed by atoms with Crippen LogP contribution in [0.4, 0.5) is 5.82 Å². The molecule has 0 spiro atoms. The van der Waals surface area contributed by atoms with Crippen molar-refractivity contribution in [1.82, 2.24) is 9.55 Å². The highest BCUT2D eigenvalue weighted by atomic mass is 31.2. The van der Waals surface area contributed by atoms with Crippen LogP contribution < -0.4 is 11.4 Å². The molecule has 0 fully saturated rings. The number of aliphatic hydroxyl groups excluding tert-OH is 1. The van der Waals surface area contributed by atoms with Gasteiger partial charge in [0.2, 0.25) is 5.50 Å². The molecule has 10 heteroatoms. The van der Waals surface area contributed by atoms with Gasteiger partial charge < -0.3 is 25.4 Å². The van der Waals surface area contributed by atoms with Gasteiger partial charge in [-0.15, -0.1) is 0 Å². The third-order valence-corrected chi connectivity index (χ3v) is 4.10. The van der Waals surface area contributed by atoms with Crippen LogP contribution in [0.25, 0.3) is 0 Å². The molecule has 0 saturated carbocycles. The van der Waals surface area contributed by atoms with Gasteiger partial charge in [0.15, 0.2) is 0 Å². The van der Waals surface area contributed by atoms with E-state index in [1.165, 1.54) is 16.8 Å². The summed E-state index contributed by atoms with van der Waals surface area (Å²) >= 11 is 0. The van der Waals surface area contributed by atoms with E-state index >= 15 is 0 Å². The highest BCUT2D eigenvalue weighted by molar-refractivity contribution is 7.56. The number of ether oxygens (including phenoxy) is 1. The minimum atomic E-state index is -4.53. The molecule has 1 aromatic rings. The lowest BCUT2D eigenvalue weighted by Crippen LogP contribution is -2.38. The Labute approximate surface area is 119 Å². The molecule has 0 amide bonds. The van der Waals surface area contributed by atoms with Crippen LogP contribution in [0.2, 0.25) is 0 Å². The molecule has 21 heavy (non-hydrogen) atoms. The fourth-order valence-corrected chi connectivity index (χ4v) is 2.73. The zero-order chi connectivity index (χ0) is 15.8. The Kier molecular flexibility index (Phi) is 4.20. The number of nitrogens with zero attached hydrogens (tertiary/aromatic N) is 2. The molecule has 5 N–H and O–H groups in total. The van der Waals surface area contributed by atoms with Crippen molar-refractivity contribution in [3.8, 4) is 0 Å². The predicted molar refractivity (Wildman–Crippen MR) is 73.4 cm³/mol. The van der Waals surface area contributed by atoms with E-state index in [1.54, 1.807) is 6.92 Å². The standard InChI is InChI=1S/C11H16N3O6P/c1-6-4-14(11(16)13-10(6)12)7-2-3-9(21(17,18)19)20-8(7)5-15/h3-4,7-8,15H,2,5H2,1H3,(H2,12,13,16)(H2,17,18,19). The van der Waals surface area contributed by atoms with Crippen LogP contribution in [0, 0.1) is 6.92 Å². The number of nitrogen functional groups attached to an aromatic ring is 1. The maximum absolute atomic E-state index is 11.9. The van der Waals surface area contributed by atoms with Crippen molar-refractivity contribution < 1.29 is 24.2 Å². The third kappa shape index (κ3) is 3.16. The molecule has 0 aliphatic carbocycles. The first-order chi connectivity index (χ1) is 9.74. The average molecular weight is 317 g/mol. The zero-order valence-corrected chi connectivity index (χ0v) is 12.1. The molecule has 0 aromatic carbocycles. The van der Waals surface area contributed by atoms with Crippen molar-refractivity contribution in [3.05, 3.63) is 33.8 Å². The summed E-state index contributed by atoms with van der Waals surface area (Å²) in [5, 5.41) is 9.36. The van der Waals surface area contributed by atoms with E-state index in [4.69, 9.17) is 20.3 Å². The Hall–Kier alpha value is -1.67. The van der Waals surface area contributed by atoms with Crippen LogP contribution in [0.3, 0.4) is 0 Å². The van der Waals surface area contributed by atoms with E-state index in [-0.39, 0.29) is 12.2 Å². The monoisotopic (exact) mass is 317 g/mol. The van der Waals surface area contributed by atoms with Gasteiger partial charge in [0.05, 0.1) is 12.6 Å². The second-order valence-corrected chi connectivity index (χ2v) is 6.26. The number of hydrogen-bond donors (Lipinski definition) is 4. The summed E-state index contributed by atoms with van der Waals surface area (Å²) in [4.78, 5) is 33.7. The number of aliphatic hydroxyl groups is 1. The van der Waals surface area contributed by atoms with Crippen molar-refractivity contribution in [2.75, 3.05) is 12.3 Å². The first-order valence-electron chi connectivity index (χ1n) is 6.13. The summed E-state index contributed by atoms with van der Waals surface area (Å²) in [5.74, 6) is 0.111. The Balaban J connectivity index is 2.41. The Morgan fingerprint density at radius 1 is 1.57 bits per heavy atom. The quantitative estimate of drug-likeness (QED) is 0.544. The van der Waals surface area contributed by atoms with Crippen molar-refractivity contribution in [1.29, 1.82) is 0 Å². The normalized spacial score (nSPS) is 22.6. The average Bonchev–Trinajstić information content (AvgIpc) is 2.41. The van der Waals surface area contributed by atoms with E-state index in [0.717, 1.165) is 0 Å². The van der Waals surface area contributed by atoms with E-state index in [0.29, 0.717) is 5.56 Å². The number of hydrogen-bond acceptors (Lipinski definition) is 6. The van der Waals surface area contributed by atoms with Crippen LogP contribution in [0.5, 0.6) is 0 Å². The van der Waals surface area contributed by atoms with Gasteiger partial charge in [-0.3, -0.25) is 9.13 Å². The number of aromatic nitrogens is 2. The molecular weight excluding hydrogens is 301 g/mol. The molecule has 0 radical (unpaired) electrons. The molecule has 1 aliphatic rings. The molecule has 0 saturated heterocycles. The number of anilines is 1. The topological polar surface area (TPSA) is 148 Å². The molecule has 2 atom stereocenters. The molecule has 1 aromatic heterocycles. The first kappa shape index (κ1) is 15.7. The zero-order valence-electron chi connectivity index (χ0n) is 11.2. The van der Waals surface area contributed by atoms with Gasteiger partial charge in [-0.1, -0.05) is 0 Å². The molecule has 9 nitrogen and oxygen atoms in total. The highest BCUT2D eigenvalue weighted by Crippen LogP contribution is 2.49. The first-order valence-corrected chi connectivity index (χ1v) is 7.74. The third-order valence-electron chi connectivity index (χ3n) is 3.23. The van der Waals surface area contributed by atoms with Gasteiger partial charge >= 0.3 is 13.3 Å². The Bertz CT molecular complexity index is 679. The van der Waals surface area contributed by atoms with E-state index < -0.39 is 37.5 Å². The second kappa shape index (κ2) is 5.61. The smallest absolute Gasteiger partial charge is 0.390 e. The Morgan fingerprint density at radius 3 is 2.81 bits per heavy atom. The minimum absolute atomic E-state index is 0.111. The predicted octanol–water partition coefficient (Wildman–Crippen LogP) is -0.525. The molecule has 2 rings (SSSR count). The van der Waals surface area contributed by atoms with Gasteiger partial charge in [0, 0.05) is 11.8 Å². The van der Waals surface area contributed by atoms with Crippen molar-refractivity contribution >= 4 is 13.4 Å². The lowest BCUT2D eigenvalue weighted by molar-refractivity contribution is 0.0152. The molecule has 1 aliphatic heterocycles. The van der Waals surface area contributed by atoms with Crippen molar-refractivity contribution in [2.45, 2.75) is 25.5 Å². The highest BCUT2D eigenvalue weighted by Gasteiger charge is 2.35. The number of rotatable bonds is 3. The molecule has 0 bridgehead atoms. The maximum atomic E-state index is 11.9. The van der Waals surface area contributed by atoms with Crippen LogP contribution >= 0.6 is 7.60 Å². The fourth-order valence-electron chi connectivity index (χ4n) is 2.11. The summed E-state index contributed by atoms with van der Waals surface area (Å²) in [6.45, 7) is 1.17. The van der Waals surface area contributed by atoms with Crippen molar-refractivity contribution in [3.63, 3.8) is 0 Å². The Morgan fingerprint density at radius 2 is 2.24 bits per heavy atom. The number of nitrogens with two attached hydrogens (primary N) is 1. The molecule has 116 valence electrons. The van der Waals surface area contributed by atoms with Gasteiger partial charge in [-0.2, -0.15) is 4.98 Å². The van der Waals surface area contributed by atoms with Crippen molar-refractivity contribution in [2.24, 2.45) is 0 Å². The minimum Gasteiger partial charge on any atom is -0.478 e. The van der Waals surface area contributed by atoms with Crippen LogP contribution in [0.1, 0.15) is 18.0 Å². The summed E-state index contributed by atoms with van der Waals surface area (Å²) < 4.78 is 17.5. The lowest BCUT2D eigenvalue weighted by Gasteiger charge is -2.32. The van der Waals surface area contributed by atoms with Gasteiger partial charge in [0.1, 0.15) is 11.9 Å². The van der Waals surface area contributed by atoms with Gasteiger partial charge in [-0.05, 0) is 19.4 Å². The van der Waals surface area contributed by atoms with E-state index in [1.807, 2.05) is 0 Å². The molecule has 2 unspecified atom stereocenters. The fraction of sp³-hybridized carbons (Fsp3) is 0.455. The SMILES string of the molecule is Cc1cn(C2CC=C(P(=O)(O)O)OC2CO)c(=O)nc1N. The van der Waals surface area contributed by atoms with E-state index in [2.05, 4.69) is 4.98 Å². The lowest BCUT2D eigenvalue weighted by atomic mass is 10.1. The van der Waals surface area contributed by atoms with Crippen LogP contribution in [-0.4, -0.2) is 37.2 Å². The maximum Gasteiger partial charge on any atom is 0.390 e. The van der Waals surface area contributed by atoms with E-state index in [9.17, 15) is 14.5 Å². The second-order valence-electron chi connectivity index (χ2n) is 4.73. The molecular formula is C11H16N3O6P. The number of allylic oxidation sites excluding steroid dienone is 1. The largest absolute Gasteiger partial charge is 0.478 e. The van der Waals surface area contributed by atoms with Crippen LogP contribution in [0.15, 0.2) is 22.6 Å². The number of aryl methyl sites for hydroxylation is 1.